The van der Waals surface area contributed by atoms with Crippen molar-refractivity contribution < 1.29 is 0 Å². The second-order valence-corrected chi connectivity index (χ2v) is 18.8. The Morgan fingerprint density at radius 2 is 1.50 bits per heavy atom. The van der Waals surface area contributed by atoms with Crippen LogP contribution in [-0.4, -0.2) is 46.0 Å². The average Bonchev–Trinajstić information content (AvgIpc) is 2.21. The standard InChI is InChI=1S/C8H18N.2C3H7.In/c1-4-7-9(6-3)8-5-2;2*1-3-2;/h1,4-8H2,2-3H3;2*3H,1-2H3;. The Morgan fingerprint density at radius 3 is 1.88 bits per heavy atom. The predicted molar refractivity (Wildman–Crippen MR) is 77.8 cm³/mol. The van der Waals surface area contributed by atoms with Gasteiger partial charge in [-0.05, 0) is 0 Å². The third-order valence-corrected chi connectivity index (χ3v) is 16.6. The molecule has 0 amide bonds. The van der Waals surface area contributed by atoms with Crippen LogP contribution in [0.1, 0.15) is 54.4 Å². The second-order valence-electron chi connectivity index (χ2n) is 5.73. The summed E-state index contributed by atoms with van der Waals surface area (Å²) in [5, 5.41) is 0. The van der Waals surface area contributed by atoms with Gasteiger partial charge in [0, 0.05) is 0 Å². The molecule has 0 saturated carbocycles. The molecule has 0 aromatic heterocycles. The van der Waals surface area contributed by atoms with Crippen molar-refractivity contribution in [2.45, 2.75) is 65.9 Å². The van der Waals surface area contributed by atoms with Crippen LogP contribution in [-0.2, 0) is 0 Å². The first-order chi connectivity index (χ1) is 7.52. The topological polar surface area (TPSA) is 3.24 Å². The normalized spacial score (nSPS) is 11.8. The molecule has 0 saturated heterocycles. The molecule has 96 valence electrons. The van der Waals surface area contributed by atoms with E-state index in [9.17, 15) is 0 Å². The zero-order chi connectivity index (χ0) is 12.6. The van der Waals surface area contributed by atoms with Crippen LogP contribution >= 0.6 is 0 Å². The van der Waals surface area contributed by atoms with Crippen LogP contribution in [0.25, 0.3) is 0 Å². The van der Waals surface area contributed by atoms with Crippen LogP contribution in [0.4, 0.5) is 0 Å². The summed E-state index contributed by atoms with van der Waals surface area (Å²) in [5.41, 5.74) is 0. The van der Waals surface area contributed by atoms with Crippen LogP contribution in [0.15, 0.2) is 0 Å². The van der Waals surface area contributed by atoms with Crippen LogP contribution in [0, 0.1) is 0 Å². The van der Waals surface area contributed by atoms with Crippen molar-refractivity contribution in [1.29, 1.82) is 0 Å². The Morgan fingerprint density at radius 1 is 0.938 bits per heavy atom. The Bertz CT molecular complexity index is 149. The molecule has 0 aliphatic carbocycles. The molecule has 0 fully saturated rings. The molecular weight excluding hydrogens is 297 g/mol. The number of nitrogens with zero attached hydrogens (tertiary/aromatic N) is 1. The van der Waals surface area contributed by atoms with Gasteiger partial charge in [0.1, 0.15) is 0 Å². The van der Waals surface area contributed by atoms with Crippen LogP contribution in [0.5, 0.6) is 0 Å². The summed E-state index contributed by atoms with van der Waals surface area (Å²) in [4.78, 5) is 2.61. The fourth-order valence-electron chi connectivity index (χ4n) is 2.73. The summed E-state index contributed by atoms with van der Waals surface area (Å²) in [7, 11) is 0. The fraction of sp³-hybridized carbons (Fsp3) is 1.00. The van der Waals surface area contributed by atoms with Gasteiger partial charge in [-0.2, -0.15) is 0 Å². The second kappa shape index (κ2) is 9.82. The van der Waals surface area contributed by atoms with Crippen molar-refractivity contribution in [3.8, 4) is 0 Å². The molecule has 0 aliphatic rings. The van der Waals surface area contributed by atoms with Gasteiger partial charge in [0.25, 0.3) is 0 Å². The van der Waals surface area contributed by atoms with Gasteiger partial charge in [0.05, 0.1) is 0 Å². The third kappa shape index (κ3) is 7.21. The van der Waals surface area contributed by atoms with Crippen molar-refractivity contribution >= 4 is 21.4 Å². The Kier molecular flexibility index (Phi) is 10.3. The SMILES string of the molecule is CCCN(CC)CC[CH2][In]([CH](C)C)[CH](C)C. The summed E-state index contributed by atoms with van der Waals surface area (Å²) in [6.07, 6.45) is 2.76. The van der Waals surface area contributed by atoms with E-state index in [1.54, 1.807) is 4.18 Å². The number of hydrogen-bond acceptors (Lipinski definition) is 1. The van der Waals surface area contributed by atoms with Crippen molar-refractivity contribution in [2.24, 2.45) is 0 Å². The van der Waals surface area contributed by atoms with Gasteiger partial charge in [-0.3, -0.25) is 0 Å². The van der Waals surface area contributed by atoms with Gasteiger partial charge >= 0.3 is 112 Å². The molecule has 0 aliphatic heterocycles. The summed E-state index contributed by atoms with van der Waals surface area (Å²) >= 11 is -1.21. The zero-order valence-corrected chi connectivity index (χ0v) is 15.7. The van der Waals surface area contributed by atoms with E-state index >= 15 is 0 Å². The van der Waals surface area contributed by atoms with Crippen molar-refractivity contribution in [1.82, 2.24) is 4.90 Å². The van der Waals surface area contributed by atoms with E-state index < -0.39 is 21.4 Å². The van der Waals surface area contributed by atoms with Gasteiger partial charge in [0.15, 0.2) is 0 Å². The van der Waals surface area contributed by atoms with Crippen LogP contribution in [0.3, 0.4) is 0 Å². The summed E-state index contributed by atoms with van der Waals surface area (Å²) in [6, 6.07) is 0. The summed E-state index contributed by atoms with van der Waals surface area (Å²) in [5.74, 6) is 0. The van der Waals surface area contributed by atoms with E-state index in [4.69, 9.17) is 0 Å². The molecule has 0 N–H and O–H groups in total. The molecule has 0 aromatic rings. The van der Waals surface area contributed by atoms with Crippen LogP contribution < -0.4 is 0 Å². The Hall–Kier alpha value is 0.830. The van der Waals surface area contributed by atoms with E-state index in [-0.39, 0.29) is 0 Å². The van der Waals surface area contributed by atoms with E-state index in [1.807, 2.05) is 0 Å². The molecule has 16 heavy (non-hydrogen) atoms. The van der Waals surface area contributed by atoms with Crippen molar-refractivity contribution in [3.63, 3.8) is 0 Å². The first-order valence-corrected chi connectivity index (χ1v) is 13.4. The van der Waals surface area contributed by atoms with Gasteiger partial charge < -0.3 is 0 Å². The number of hydrogen-bond donors (Lipinski definition) is 0. The van der Waals surface area contributed by atoms with Crippen molar-refractivity contribution in [2.75, 3.05) is 19.6 Å². The first kappa shape index (κ1) is 16.8. The van der Waals surface area contributed by atoms with Gasteiger partial charge in [-0.25, -0.2) is 0 Å². The Labute approximate surface area is 112 Å². The van der Waals surface area contributed by atoms with E-state index in [0.717, 1.165) is 7.35 Å². The summed E-state index contributed by atoms with van der Waals surface area (Å²) in [6.45, 7) is 18.3. The first-order valence-electron chi connectivity index (χ1n) is 7.25. The number of rotatable bonds is 9. The molecule has 2 heteroatoms. The minimum absolute atomic E-state index is 1.04. The molecule has 0 bridgehead atoms. The van der Waals surface area contributed by atoms with E-state index in [1.165, 1.54) is 32.5 Å². The fourth-order valence-corrected chi connectivity index (χ4v) is 12.8. The average molecular weight is 329 g/mol. The van der Waals surface area contributed by atoms with E-state index in [0.29, 0.717) is 0 Å². The van der Waals surface area contributed by atoms with E-state index in [2.05, 4.69) is 46.4 Å². The van der Waals surface area contributed by atoms with Crippen molar-refractivity contribution in [3.05, 3.63) is 0 Å². The molecule has 0 unspecified atom stereocenters. The molecule has 0 heterocycles. The molecule has 0 radical (unpaired) electrons. The van der Waals surface area contributed by atoms with Gasteiger partial charge in [-0.1, -0.05) is 0 Å². The molecule has 0 spiro atoms. The maximum absolute atomic E-state index is 2.61. The summed E-state index contributed by atoms with van der Waals surface area (Å²) < 4.78 is 3.70. The monoisotopic (exact) mass is 329 g/mol. The minimum atomic E-state index is -1.21. The third-order valence-electron chi connectivity index (χ3n) is 3.71. The maximum atomic E-state index is 2.61. The van der Waals surface area contributed by atoms with Gasteiger partial charge in [-0.15, -0.1) is 0 Å². The molecule has 1 nitrogen and oxygen atoms in total. The molecule has 0 aromatic carbocycles. The zero-order valence-electron chi connectivity index (χ0n) is 12.4. The Balaban J connectivity index is 3.84. The molecular formula is C14H32InN. The predicted octanol–water partition coefficient (Wildman–Crippen LogP) is 4.42. The van der Waals surface area contributed by atoms with Gasteiger partial charge in [0.2, 0.25) is 0 Å². The van der Waals surface area contributed by atoms with Crippen LogP contribution in [0.2, 0.25) is 11.5 Å². The molecule has 0 rings (SSSR count). The molecule has 0 atom stereocenters. The quantitative estimate of drug-likeness (QED) is 0.605.